The van der Waals surface area contributed by atoms with Gasteiger partial charge in [0.05, 0.1) is 35.1 Å². The van der Waals surface area contributed by atoms with Crippen LogP contribution >= 0.6 is 23.2 Å². The Bertz CT molecular complexity index is 1010. The molecule has 1 heterocycles. The minimum Gasteiger partial charge on any atom is -0.497 e. The van der Waals surface area contributed by atoms with Crippen molar-refractivity contribution in [3.8, 4) is 11.4 Å². The molecule has 1 aromatic heterocycles. The van der Waals surface area contributed by atoms with E-state index in [1.807, 2.05) is 35.1 Å². The Morgan fingerprint density at radius 3 is 2.68 bits per heavy atom. The standard InChI is InChI=1S/C21H19Cl2N3O2/c1-28-15-8-6-14(7-9-15)26-20-4-2-3-19(16(20)12-24-26)25-21(27)13-5-10-17(22)18(23)11-13/h5-12,19H,2-4H2,1H3,(H,25,27). The first-order valence-corrected chi connectivity index (χ1v) is 9.79. The van der Waals surface area contributed by atoms with E-state index in [1.165, 1.54) is 0 Å². The van der Waals surface area contributed by atoms with Crippen LogP contribution < -0.4 is 10.1 Å². The van der Waals surface area contributed by atoms with Crippen molar-refractivity contribution in [2.24, 2.45) is 0 Å². The second-order valence-electron chi connectivity index (χ2n) is 6.70. The number of carbonyl (C=O) groups is 1. The molecule has 1 N–H and O–H groups in total. The lowest BCUT2D eigenvalue weighted by Gasteiger charge is -2.24. The summed E-state index contributed by atoms with van der Waals surface area (Å²) in [4.78, 5) is 12.7. The van der Waals surface area contributed by atoms with Gasteiger partial charge in [-0.15, -0.1) is 0 Å². The van der Waals surface area contributed by atoms with Gasteiger partial charge in [0.1, 0.15) is 5.75 Å². The molecule has 3 aromatic rings. The lowest BCUT2D eigenvalue weighted by molar-refractivity contribution is 0.0932. The molecule has 0 saturated carbocycles. The summed E-state index contributed by atoms with van der Waals surface area (Å²) in [5, 5.41) is 8.47. The Hall–Kier alpha value is -2.50. The summed E-state index contributed by atoms with van der Waals surface area (Å²) in [5.41, 5.74) is 3.63. The second kappa shape index (κ2) is 7.86. The SMILES string of the molecule is COc1ccc(-n2ncc3c2CCCC3NC(=O)c2ccc(Cl)c(Cl)c2)cc1. The zero-order chi connectivity index (χ0) is 19.7. The van der Waals surface area contributed by atoms with Crippen molar-refractivity contribution in [2.75, 3.05) is 7.11 Å². The number of fused-ring (bicyclic) bond motifs is 1. The minimum absolute atomic E-state index is 0.0855. The fourth-order valence-electron chi connectivity index (χ4n) is 3.53. The van der Waals surface area contributed by atoms with Crippen molar-refractivity contribution in [1.82, 2.24) is 15.1 Å². The smallest absolute Gasteiger partial charge is 0.251 e. The maximum absolute atomic E-state index is 12.7. The molecule has 1 atom stereocenters. The molecule has 0 radical (unpaired) electrons. The summed E-state index contributed by atoms with van der Waals surface area (Å²) in [6.45, 7) is 0. The number of hydrogen-bond donors (Lipinski definition) is 1. The van der Waals surface area contributed by atoms with Crippen molar-refractivity contribution >= 4 is 29.1 Å². The number of nitrogens with zero attached hydrogens (tertiary/aromatic N) is 2. The first-order valence-electron chi connectivity index (χ1n) is 9.04. The van der Waals surface area contributed by atoms with Crippen LogP contribution in [0.15, 0.2) is 48.7 Å². The highest BCUT2D eigenvalue weighted by molar-refractivity contribution is 6.42. The van der Waals surface area contributed by atoms with Crippen LogP contribution in [0.25, 0.3) is 5.69 Å². The van der Waals surface area contributed by atoms with E-state index in [1.54, 1.807) is 25.3 Å². The minimum atomic E-state index is -0.173. The Labute approximate surface area is 173 Å². The van der Waals surface area contributed by atoms with Crippen LogP contribution in [0, 0.1) is 0 Å². The molecular formula is C21H19Cl2N3O2. The molecule has 0 aliphatic heterocycles. The number of hydrogen-bond acceptors (Lipinski definition) is 3. The van der Waals surface area contributed by atoms with Gasteiger partial charge in [-0.25, -0.2) is 4.68 Å². The molecule has 1 aliphatic rings. The molecule has 0 fully saturated rings. The van der Waals surface area contributed by atoms with Crippen molar-refractivity contribution < 1.29 is 9.53 Å². The van der Waals surface area contributed by atoms with Crippen LogP contribution in [0.4, 0.5) is 0 Å². The Balaban J connectivity index is 1.58. The van der Waals surface area contributed by atoms with Gasteiger partial charge in [-0.05, 0) is 61.7 Å². The van der Waals surface area contributed by atoms with E-state index >= 15 is 0 Å². The van der Waals surface area contributed by atoms with Crippen LogP contribution in [0.1, 0.15) is 40.5 Å². The van der Waals surface area contributed by atoms with Crippen molar-refractivity contribution in [1.29, 1.82) is 0 Å². The molecule has 144 valence electrons. The summed E-state index contributed by atoms with van der Waals surface area (Å²) in [6, 6.07) is 12.6. The molecule has 5 nitrogen and oxygen atoms in total. The van der Waals surface area contributed by atoms with Gasteiger partial charge in [0.15, 0.2) is 0 Å². The predicted octanol–water partition coefficient (Wildman–Crippen LogP) is 5.00. The number of aromatic nitrogens is 2. The molecule has 1 unspecified atom stereocenters. The maximum atomic E-state index is 12.7. The predicted molar refractivity (Wildman–Crippen MR) is 110 cm³/mol. The molecule has 0 bridgehead atoms. The summed E-state index contributed by atoms with van der Waals surface area (Å²) in [6.07, 6.45) is 4.61. The normalized spacial score (nSPS) is 15.8. The lowest BCUT2D eigenvalue weighted by Crippen LogP contribution is -2.31. The molecule has 2 aromatic carbocycles. The summed E-state index contributed by atoms with van der Waals surface area (Å²) >= 11 is 12.0. The number of methoxy groups -OCH3 is 1. The number of ether oxygens (including phenoxy) is 1. The zero-order valence-electron chi connectivity index (χ0n) is 15.3. The average molecular weight is 416 g/mol. The summed E-state index contributed by atoms with van der Waals surface area (Å²) in [7, 11) is 1.64. The van der Waals surface area contributed by atoms with Gasteiger partial charge in [-0.2, -0.15) is 5.10 Å². The number of rotatable bonds is 4. The molecular weight excluding hydrogens is 397 g/mol. The van der Waals surface area contributed by atoms with Crippen molar-refractivity contribution in [3.63, 3.8) is 0 Å². The molecule has 0 saturated heterocycles. The quantitative estimate of drug-likeness (QED) is 0.652. The fourth-order valence-corrected chi connectivity index (χ4v) is 3.83. The molecule has 1 amide bonds. The third kappa shape index (κ3) is 3.60. The van der Waals surface area contributed by atoms with Gasteiger partial charge < -0.3 is 10.1 Å². The van der Waals surface area contributed by atoms with Gasteiger partial charge in [0, 0.05) is 16.8 Å². The molecule has 0 spiro atoms. The highest BCUT2D eigenvalue weighted by Gasteiger charge is 2.26. The average Bonchev–Trinajstić information content (AvgIpc) is 3.15. The molecule has 1 aliphatic carbocycles. The van der Waals surface area contributed by atoms with E-state index < -0.39 is 0 Å². The number of nitrogens with one attached hydrogen (secondary N) is 1. The maximum Gasteiger partial charge on any atom is 0.251 e. The van der Waals surface area contributed by atoms with Crippen molar-refractivity contribution in [2.45, 2.75) is 25.3 Å². The number of amides is 1. The molecule has 4 rings (SSSR count). The second-order valence-corrected chi connectivity index (χ2v) is 7.52. The number of benzene rings is 2. The summed E-state index contributed by atoms with van der Waals surface area (Å²) < 4.78 is 7.16. The largest absolute Gasteiger partial charge is 0.497 e. The van der Waals surface area contributed by atoms with Gasteiger partial charge in [0.2, 0.25) is 0 Å². The monoisotopic (exact) mass is 415 g/mol. The van der Waals surface area contributed by atoms with Crippen LogP contribution in [0.5, 0.6) is 5.75 Å². The highest BCUT2D eigenvalue weighted by atomic mass is 35.5. The van der Waals surface area contributed by atoms with Gasteiger partial charge >= 0.3 is 0 Å². The Kier molecular flexibility index (Phi) is 5.29. The van der Waals surface area contributed by atoms with Gasteiger partial charge in [-0.1, -0.05) is 23.2 Å². The third-order valence-electron chi connectivity index (χ3n) is 4.99. The van der Waals surface area contributed by atoms with Crippen LogP contribution in [0.2, 0.25) is 10.0 Å². The first kappa shape index (κ1) is 18.8. The molecule has 28 heavy (non-hydrogen) atoms. The van der Waals surface area contributed by atoms with Crippen LogP contribution in [-0.2, 0) is 6.42 Å². The van der Waals surface area contributed by atoms with E-state index in [-0.39, 0.29) is 11.9 Å². The highest BCUT2D eigenvalue weighted by Crippen LogP contribution is 2.32. The van der Waals surface area contributed by atoms with Crippen LogP contribution in [-0.4, -0.2) is 22.8 Å². The lowest BCUT2D eigenvalue weighted by atomic mass is 9.92. The number of halogens is 2. The topological polar surface area (TPSA) is 56.1 Å². The van der Waals surface area contributed by atoms with E-state index in [0.717, 1.165) is 42.0 Å². The molecule has 7 heteroatoms. The third-order valence-corrected chi connectivity index (χ3v) is 5.73. The van der Waals surface area contributed by atoms with E-state index in [9.17, 15) is 4.79 Å². The summed E-state index contributed by atoms with van der Waals surface area (Å²) in [5.74, 6) is 0.630. The Morgan fingerprint density at radius 2 is 1.96 bits per heavy atom. The van der Waals surface area contributed by atoms with E-state index in [2.05, 4.69) is 10.4 Å². The van der Waals surface area contributed by atoms with Gasteiger partial charge in [-0.3, -0.25) is 4.79 Å². The van der Waals surface area contributed by atoms with Gasteiger partial charge in [0.25, 0.3) is 5.91 Å². The number of carbonyl (C=O) groups excluding carboxylic acids is 1. The zero-order valence-corrected chi connectivity index (χ0v) is 16.8. The van der Waals surface area contributed by atoms with Crippen molar-refractivity contribution in [3.05, 3.63) is 75.5 Å². The van der Waals surface area contributed by atoms with E-state index in [4.69, 9.17) is 27.9 Å². The first-order chi connectivity index (χ1) is 13.6. The van der Waals surface area contributed by atoms with Crippen LogP contribution in [0.3, 0.4) is 0 Å². The van der Waals surface area contributed by atoms with E-state index in [0.29, 0.717) is 15.6 Å². The fraction of sp³-hybridized carbons (Fsp3) is 0.238. The Morgan fingerprint density at radius 1 is 1.18 bits per heavy atom.